The molecule has 0 atom stereocenters. The van der Waals surface area contributed by atoms with Crippen LogP contribution in [0.3, 0.4) is 0 Å². The zero-order valence-electron chi connectivity index (χ0n) is 16.5. The molecule has 4 heterocycles. The monoisotopic (exact) mass is 487 g/mol. The van der Waals surface area contributed by atoms with Crippen LogP contribution in [-0.2, 0) is 22.4 Å². The topological polar surface area (TPSA) is 81.2 Å². The molecule has 0 unspecified atom stereocenters. The standard InChI is InChI=1S/C21H17N3O3S4/c1-27-21(26)17-12(13-6-3-7-28-13)8-29-20(17)24-15(25)9-30-18-16-11-4-2-5-14(11)31-19(16)23-10-22-18/h3,6-8,10H,2,4-5,9H2,1H3,(H,24,25). The van der Waals surface area contributed by atoms with Crippen molar-refractivity contribution in [3.8, 4) is 10.4 Å². The van der Waals surface area contributed by atoms with Crippen molar-refractivity contribution < 1.29 is 14.3 Å². The van der Waals surface area contributed by atoms with Gasteiger partial charge < -0.3 is 10.1 Å². The van der Waals surface area contributed by atoms with Crippen molar-refractivity contribution in [2.24, 2.45) is 0 Å². The number of nitrogens with zero attached hydrogens (tertiary/aromatic N) is 2. The number of hydrogen-bond donors (Lipinski definition) is 1. The van der Waals surface area contributed by atoms with Crippen molar-refractivity contribution >= 4 is 72.9 Å². The van der Waals surface area contributed by atoms with Gasteiger partial charge in [0.05, 0.1) is 12.9 Å². The number of thioether (sulfide) groups is 1. The van der Waals surface area contributed by atoms with Crippen LogP contribution < -0.4 is 5.32 Å². The number of fused-ring (bicyclic) bond motifs is 3. The Kier molecular flexibility index (Phi) is 5.79. The molecule has 4 aromatic rings. The van der Waals surface area contributed by atoms with Crippen LogP contribution in [-0.4, -0.2) is 34.7 Å². The quantitative estimate of drug-likeness (QED) is 0.220. The van der Waals surface area contributed by atoms with Gasteiger partial charge in [-0.15, -0.1) is 34.0 Å². The SMILES string of the molecule is COC(=O)c1c(-c2cccs2)csc1NC(=O)CSc1ncnc2sc3c(c12)CCC3. The summed E-state index contributed by atoms with van der Waals surface area (Å²) < 4.78 is 4.97. The second kappa shape index (κ2) is 8.70. The van der Waals surface area contributed by atoms with E-state index >= 15 is 0 Å². The molecule has 1 N–H and O–H groups in total. The Morgan fingerprint density at radius 2 is 2.16 bits per heavy atom. The number of aromatic nitrogens is 2. The van der Waals surface area contributed by atoms with E-state index in [9.17, 15) is 9.59 Å². The first-order valence-corrected chi connectivity index (χ1v) is 13.1. The largest absolute Gasteiger partial charge is 0.465 e. The number of thiophene rings is 3. The number of amides is 1. The summed E-state index contributed by atoms with van der Waals surface area (Å²) in [6.45, 7) is 0. The summed E-state index contributed by atoms with van der Waals surface area (Å²) in [5.41, 5.74) is 2.52. The van der Waals surface area contributed by atoms with Gasteiger partial charge in [0.25, 0.3) is 0 Å². The Hall–Kier alpha value is -2.27. The van der Waals surface area contributed by atoms with Gasteiger partial charge in [-0.25, -0.2) is 14.8 Å². The van der Waals surface area contributed by atoms with Crippen LogP contribution in [0.2, 0.25) is 0 Å². The minimum atomic E-state index is -0.459. The Bertz CT molecular complexity index is 1280. The van der Waals surface area contributed by atoms with Gasteiger partial charge in [0, 0.05) is 26.1 Å². The minimum Gasteiger partial charge on any atom is -0.465 e. The molecule has 5 rings (SSSR count). The molecule has 4 aromatic heterocycles. The van der Waals surface area contributed by atoms with Gasteiger partial charge in [-0.3, -0.25) is 4.79 Å². The van der Waals surface area contributed by atoms with Crippen molar-refractivity contribution in [2.75, 3.05) is 18.2 Å². The Balaban J connectivity index is 1.35. The number of hydrogen-bond acceptors (Lipinski definition) is 9. The van der Waals surface area contributed by atoms with E-state index in [2.05, 4.69) is 15.3 Å². The zero-order chi connectivity index (χ0) is 21.4. The molecule has 10 heteroatoms. The molecule has 0 radical (unpaired) electrons. The number of ether oxygens (including phenoxy) is 1. The molecule has 0 saturated carbocycles. The summed E-state index contributed by atoms with van der Waals surface area (Å²) in [6, 6.07) is 3.87. The summed E-state index contributed by atoms with van der Waals surface area (Å²) in [6.07, 6.45) is 4.88. The maximum atomic E-state index is 12.7. The highest BCUT2D eigenvalue weighted by atomic mass is 32.2. The highest BCUT2D eigenvalue weighted by Crippen LogP contribution is 2.41. The lowest BCUT2D eigenvalue weighted by atomic mass is 10.1. The molecule has 31 heavy (non-hydrogen) atoms. The van der Waals surface area contributed by atoms with E-state index in [-0.39, 0.29) is 11.7 Å². The number of carbonyl (C=O) groups excluding carboxylic acids is 2. The maximum absolute atomic E-state index is 12.7. The molecule has 1 aliphatic carbocycles. The van der Waals surface area contributed by atoms with Crippen LogP contribution in [0.25, 0.3) is 20.7 Å². The predicted molar refractivity (Wildman–Crippen MR) is 128 cm³/mol. The number of nitrogens with one attached hydrogen (secondary N) is 1. The third kappa shape index (κ3) is 3.89. The molecule has 0 saturated heterocycles. The normalized spacial score (nSPS) is 12.8. The first-order chi connectivity index (χ1) is 15.2. The molecule has 0 aromatic carbocycles. The molecule has 0 bridgehead atoms. The summed E-state index contributed by atoms with van der Waals surface area (Å²) in [5.74, 6) is -0.448. The molecule has 1 aliphatic rings. The summed E-state index contributed by atoms with van der Waals surface area (Å²) in [5, 5.41) is 9.18. The number of carbonyl (C=O) groups is 2. The number of anilines is 1. The number of rotatable bonds is 6. The van der Waals surface area contributed by atoms with E-state index in [0.29, 0.717) is 10.6 Å². The van der Waals surface area contributed by atoms with Gasteiger partial charge in [0.15, 0.2) is 0 Å². The second-order valence-corrected chi connectivity index (χ2v) is 10.8. The second-order valence-electron chi connectivity index (χ2n) is 6.88. The van der Waals surface area contributed by atoms with E-state index < -0.39 is 5.97 Å². The average molecular weight is 488 g/mol. The van der Waals surface area contributed by atoms with Crippen molar-refractivity contribution in [1.29, 1.82) is 0 Å². The molecular formula is C21H17N3O3S4. The molecule has 1 amide bonds. The lowest BCUT2D eigenvalue weighted by molar-refractivity contribution is -0.113. The molecule has 6 nitrogen and oxygen atoms in total. The molecule has 0 aliphatic heterocycles. The lowest BCUT2D eigenvalue weighted by Crippen LogP contribution is -2.16. The fourth-order valence-electron chi connectivity index (χ4n) is 3.67. The Morgan fingerprint density at radius 1 is 1.26 bits per heavy atom. The first kappa shape index (κ1) is 20.6. The maximum Gasteiger partial charge on any atom is 0.341 e. The van der Waals surface area contributed by atoms with E-state index in [1.54, 1.807) is 17.7 Å². The molecule has 158 valence electrons. The minimum absolute atomic E-state index is 0.187. The molecule has 0 fully saturated rings. The van der Waals surface area contributed by atoms with Crippen molar-refractivity contribution in [1.82, 2.24) is 9.97 Å². The number of esters is 1. The highest BCUT2D eigenvalue weighted by molar-refractivity contribution is 8.00. The number of aryl methyl sites for hydroxylation is 2. The van der Waals surface area contributed by atoms with Crippen LogP contribution in [0.4, 0.5) is 5.00 Å². The summed E-state index contributed by atoms with van der Waals surface area (Å²) in [4.78, 5) is 37.4. The van der Waals surface area contributed by atoms with Gasteiger partial charge in [-0.05, 0) is 36.3 Å². The predicted octanol–water partition coefficient (Wildman–Crippen LogP) is 5.49. The van der Waals surface area contributed by atoms with Crippen LogP contribution >= 0.6 is 45.8 Å². The van der Waals surface area contributed by atoms with Crippen molar-refractivity contribution in [3.63, 3.8) is 0 Å². The summed E-state index contributed by atoms with van der Waals surface area (Å²) >= 11 is 6.01. The first-order valence-electron chi connectivity index (χ1n) is 9.57. The number of methoxy groups -OCH3 is 1. The average Bonchev–Trinajstić information content (AvgIpc) is 3.54. The van der Waals surface area contributed by atoms with E-state index in [0.717, 1.165) is 44.9 Å². The third-order valence-corrected chi connectivity index (χ3v) is 9.01. The van der Waals surface area contributed by atoms with Gasteiger partial charge in [-0.1, -0.05) is 17.8 Å². The molecule has 0 spiro atoms. The van der Waals surface area contributed by atoms with Gasteiger partial charge in [0.1, 0.15) is 26.7 Å². The van der Waals surface area contributed by atoms with Gasteiger partial charge in [-0.2, -0.15) is 0 Å². The van der Waals surface area contributed by atoms with Crippen LogP contribution in [0, 0.1) is 0 Å². The van der Waals surface area contributed by atoms with Crippen molar-refractivity contribution in [2.45, 2.75) is 24.3 Å². The van der Waals surface area contributed by atoms with Crippen LogP contribution in [0.15, 0.2) is 34.2 Å². The van der Waals surface area contributed by atoms with E-state index in [4.69, 9.17) is 4.74 Å². The highest BCUT2D eigenvalue weighted by Gasteiger charge is 2.24. The Morgan fingerprint density at radius 3 is 2.97 bits per heavy atom. The third-order valence-electron chi connectivity index (χ3n) is 5.03. The van der Waals surface area contributed by atoms with Gasteiger partial charge >= 0.3 is 5.97 Å². The lowest BCUT2D eigenvalue weighted by Gasteiger charge is -2.07. The van der Waals surface area contributed by atoms with Gasteiger partial charge in [0.2, 0.25) is 5.91 Å². The fraction of sp³-hybridized carbons (Fsp3) is 0.238. The zero-order valence-corrected chi connectivity index (χ0v) is 19.7. The smallest absolute Gasteiger partial charge is 0.341 e. The van der Waals surface area contributed by atoms with Crippen LogP contribution in [0.1, 0.15) is 27.2 Å². The fourth-order valence-corrected chi connectivity index (χ4v) is 7.58. The summed E-state index contributed by atoms with van der Waals surface area (Å²) in [7, 11) is 1.35. The van der Waals surface area contributed by atoms with E-state index in [1.807, 2.05) is 22.9 Å². The van der Waals surface area contributed by atoms with Crippen molar-refractivity contribution in [3.05, 3.63) is 45.2 Å². The molecular weight excluding hydrogens is 471 g/mol. The van der Waals surface area contributed by atoms with E-state index in [1.165, 1.54) is 52.0 Å². The Labute approximate surface area is 194 Å². The van der Waals surface area contributed by atoms with Crippen LogP contribution in [0.5, 0.6) is 0 Å².